The number of carbonyl (C=O) groups excluding carboxylic acids is 3. The maximum Gasteiger partial charge on any atom is 0.280 e. The second-order valence-corrected chi connectivity index (χ2v) is 12.9. The van der Waals surface area contributed by atoms with E-state index in [0.29, 0.717) is 37.4 Å². The van der Waals surface area contributed by atoms with E-state index < -0.39 is 12.1 Å². The Morgan fingerprint density at radius 3 is 2.78 bits per heavy atom. The van der Waals surface area contributed by atoms with Crippen molar-refractivity contribution in [3.05, 3.63) is 44.9 Å². The molecule has 222 valence electrons. The summed E-state index contributed by atoms with van der Waals surface area (Å²) in [6.45, 7) is 8.15. The van der Waals surface area contributed by atoms with Gasteiger partial charge in [0.25, 0.3) is 5.91 Å². The quantitative estimate of drug-likeness (QED) is 0.362. The van der Waals surface area contributed by atoms with Crippen molar-refractivity contribution in [2.75, 3.05) is 45.3 Å². The molecule has 3 atom stereocenters. The van der Waals surface area contributed by atoms with Gasteiger partial charge in [0.2, 0.25) is 11.8 Å². The maximum absolute atomic E-state index is 13.5. The number of hydrogen-bond donors (Lipinski definition) is 4. The minimum Gasteiger partial charge on any atom is -0.394 e. The lowest BCUT2D eigenvalue weighted by Crippen LogP contribution is -2.62. The van der Waals surface area contributed by atoms with Gasteiger partial charge in [-0.2, -0.15) is 0 Å². The molecule has 1 saturated heterocycles. The van der Waals surface area contributed by atoms with Crippen LogP contribution in [0.4, 0.5) is 5.69 Å². The van der Waals surface area contributed by atoms with Crippen molar-refractivity contribution >= 4 is 34.7 Å². The Morgan fingerprint density at radius 1 is 1.22 bits per heavy atom. The molecular formula is C29H40N6O5S. The third-order valence-corrected chi connectivity index (χ3v) is 9.46. The smallest absolute Gasteiger partial charge is 0.280 e. The van der Waals surface area contributed by atoms with E-state index in [-0.39, 0.29) is 49.1 Å². The third kappa shape index (κ3) is 6.40. The van der Waals surface area contributed by atoms with Crippen molar-refractivity contribution < 1.29 is 24.2 Å². The van der Waals surface area contributed by atoms with Crippen LogP contribution < -0.4 is 16.0 Å². The normalized spacial score (nSPS) is 22.5. The van der Waals surface area contributed by atoms with E-state index in [4.69, 9.17) is 4.74 Å². The molecule has 2 aromatic rings. The van der Waals surface area contributed by atoms with Crippen LogP contribution in [-0.4, -0.2) is 101 Å². The van der Waals surface area contributed by atoms with E-state index in [9.17, 15) is 19.5 Å². The number of likely N-dealkylation sites (tertiary alicyclic amines) is 1. The van der Waals surface area contributed by atoms with Crippen LogP contribution in [0.1, 0.15) is 51.8 Å². The molecule has 1 unspecified atom stereocenters. The molecule has 1 fully saturated rings. The molecule has 4 N–H and O–H groups in total. The summed E-state index contributed by atoms with van der Waals surface area (Å²) in [5, 5.41) is 19.7. The number of aryl methyl sites for hydroxylation is 1. The van der Waals surface area contributed by atoms with Gasteiger partial charge in [-0.15, -0.1) is 11.3 Å². The zero-order valence-electron chi connectivity index (χ0n) is 24.2. The standard InChI is InChI=1S/C29H40N6O5S/c1-17-5-6-19-18(11-17)12-22(30-19)26(38)31-20-7-9-34(25(37)15-40-4)13-23(20)32-27(39)28-33-21-8-10-35(14-24(21)41-28)29(2,3)16-36/h5-6,11,20,22-23,30,36H,7-10,12-16H2,1-4H3,(H,31,38)(H,32,39)/t20-,22?,23+/m0/s1. The molecule has 0 saturated carbocycles. The van der Waals surface area contributed by atoms with Crippen LogP contribution >= 0.6 is 11.3 Å². The van der Waals surface area contributed by atoms with Crippen LogP contribution in [0.5, 0.6) is 0 Å². The van der Waals surface area contributed by atoms with Crippen LogP contribution in [-0.2, 0) is 33.7 Å². The van der Waals surface area contributed by atoms with E-state index in [2.05, 4.69) is 31.9 Å². The lowest BCUT2D eigenvalue weighted by Gasteiger charge is -2.39. The second-order valence-electron chi connectivity index (χ2n) is 11.8. The van der Waals surface area contributed by atoms with Crippen molar-refractivity contribution in [3.63, 3.8) is 0 Å². The third-order valence-electron chi connectivity index (χ3n) is 8.38. The lowest BCUT2D eigenvalue weighted by atomic mass is 9.98. The first-order valence-corrected chi connectivity index (χ1v) is 15.0. The fourth-order valence-corrected chi connectivity index (χ4v) is 6.81. The molecule has 3 aliphatic rings. The van der Waals surface area contributed by atoms with Gasteiger partial charge in [0, 0.05) is 62.2 Å². The number of nitrogens with zero attached hydrogens (tertiary/aromatic N) is 3. The Balaban J connectivity index is 1.28. The average Bonchev–Trinajstić information content (AvgIpc) is 3.58. The minimum absolute atomic E-state index is 0.0404. The number of methoxy groups -OCH3 is 1. The Bertz CT molecular complexity index is 1310. The molecule has 0 radical (unpaired) electrons. The van der Waals surface area contributed by atoms with Crippen molar-refractivity contribution in [2.24, 2.45) is 0 Å². The number of carbonyl (C=O) groups is 3. The van der Waals surface area contributed by atoms with Gasteiger partial charge in [0.05, 0.1) is 24.4 Å². The Morgan fingerprint density at radius 2 is 2.02 bits per heavy atom. The van der Waals surface area contributed by atoms with Crippen LogP contribution in [0, 0.1) is 6.92 Å². The van der Waals surface area contributed by atoms with Gasteiger partial charge in [-0.25, -0.2) is 4.98 Å². The van der Waals surface area contributed by atoms with E-state index >= 15 is 0 Å². The molecule has 41 heavy (non-hydrogen) atoms. The molecule has 1 aromatic heterocycles. The summed E-state index contributed by atoms with van der Waals surface area (Å²) in [7, 11) is 1.48. The van der Waals surface area contributed by atoms with Gasteiger partial charge in [-0.3, -0.25) is 19.3 Å². The van der Waals surface area contributed by atoms with Gasteiger partial charge in [-0.05, 0) is 38.8 Å². The number of rotatable bonds is 8. The lowest BCUT2D eigenvalue weighted by molar-refractivity contribution is -0.136. The molecule has 4 heterocycles. The summed E-state index contributed by atoms with van der Waals surface area (Å²) in [4.78, 5) is 49.0. The molecule has 5 rings (SSSR count). The number of anilines is 1. The number of fused-ring (bicyclic) bond motifs is 2. The molecule has 11 nitrogen and oxygen atoms in total. The zero-order valence-corrected chi connectivity index (χ0v) is 25.0. The molecule has 0 aliphatic carbocycles. The largest absolute Gasteiger partial charge is 0.394 e. The van der Waals surface area contributed by atoms with Crippen LogP contribution in [0.3, 0.4) is 0 Å². The van der Waals surface area contributed by atoms with Crippen molar-refractivity contribution in [2.45, 2.75) is 70.2 Å². The van der Waals surface area contributed by atoms with E-state index in [0.717, 1.165) is 33.9 Å². The molecule has 1 aromatic carbocycles. The fourth-order valence-electron chi connectivity index (χ4n) is 5.78. The number of nitrogens with one attached hydrogen (secondary N) is 3. The fraction of sp³-hybridized carbons (Fsp3) is 0.586. The van der Waals surface area contributed by atoms with Crippen molar-refractivity contribution in [1.82, 2.24) is 25.4 Å². The highest BCUT2D eigenvalue weighted by atomic mass is 32.1. The maximum atomic E-state index is 13.5. The van der Waals surface area contributed by atoms with Gasteiger partial charge < -0.3 is 30.7 Å². The first-order chi connectivity index (χ1) is 19.6. The number of benzene rings is 1. The summed E-state index contributed by atoms with van der Waals surface area (Å²) in [6.07, 6.45) is 1.81. The summed E-state index contributed by atoms with van der Waals surface area (Å²) in [6, 6.07) is 4.88. The topological polar surface area (TPSA) is 136 Å². The Kier molecular flexibility index (Phi) is 8.65. The van der Waals surface area contributed by atoms with Crippen molar-refractivity contribution in [1.29, 1.82) is 0 Å². The second kappa shape index (κ2) is 12.0. The monoisotopic (exact) mass is 584 g/mol. The highest BCUT2D eigenvalue weighted by Crippen LogP contribution is 2.30. The summed E-state index contributed by atoms with van der Waals surface area (Å²) < 4.78 is 5.04. The Labute approximate surface area is 244 Å². The minimum atomic E-state index is -0.488. The number of amides is 3. The Hall–Kier alpha value is -3.06. The number of hydrogen-bond acceptors (Lipinski definition) is 9. The zero-order chi connectivity index (χ0) is 29.3. The van der Waals surface area contributed by atoms with E-state index in [1.165, 1.54) is 18.4 Å². The number of aliphatic hydroxyl groups is 1. The molecule has 0 spiro atoms. The summed E-state index contributed by atoms with van der Waals surface area (Å²) >= 11 is 1.36. The predicted octanol–water partition coefficient (Wildman–Crippen LogP) is 1.08. The number of thiazole rings is 1. The number of aliphatic hydroxyl groups excluding tert-OH is 1. The van der Waals surface area contributed by atoms with E-state index in [1.807, 2.05) is 32.9 Å². The highest BCUT2D eigenvalue weighted by molar-refractivity contribution is 7.13. The van der Waals surface area contributed by atoms with Crippen LogP contribution in [0.25, 0.3) is 0 Å². The van der Waals surface area contributed by atoms with Gasteiger partial charge in [0.1, 0.15) is 12.6 Å². The predicted molar refractivity (Wildman–Crippen MR) is 156 cm³/mol. The molecular weight excluding hydrogens is 544 g/mol. The first-order valence-electron chi connectivity index (χ1n) is 14.2. The molecule has 3 amide bonds. The van der Waals surface area contributed by atoms with Gasteiger partial charge in [0.15, 0.2) is 5.01 Å². The van der Waals surface area contributed by atoms with E-state index in [1.54, 1.807) is 4.90 Å². The van der Waals surface area contributed by atoms with Crippen molar-refractivity contribution in [3.8, 4) is 0 Å². The van der Waals surface area contributed by atoms with Gasteiger partial charge in [-0.1, -0.05) is 17.7 Å². The first kappa shape index (κ1) is 29.4. The average molecular weight is 585 g/mol. The number of ether oxygens (including phenoxy) is 1. The van der Waals surface area contributed by atoms with Crippen LogP contribution in [0.2, 0.25) is 0 Å². The molecule has 0 bridgehead atoms. The number of aromatic nitrogens is 1. The van der Waals surface area contributed by atoms with Gasteiger partial charge >= 0.3 is 0 Å². The van der Waals surface area contributed by atoms with Crippen LogP contribution in [0.15, 0.2) is 18.2 Å². The molecule has 12 heteroatoms. The summed E-state index contributed by atoms with van der Waals surface area (Å²) in [5.41, 5.74) is 3.79. The highest BCUT2D eigenvalue weighted by Gasteiger charge is 2.37. The number of piperidine rings is 1. The molecule has 3 aliphatic heterocycles. The summed E-state index contributed by atoms with van der Waals surface area (Å²) in [5.74, 6) is -0.600. The SMILES string of the molecule is COCC(=O)N1CC[C@H](NC(=O)C2Cc3cc(C)ccc3N2)[C@H](NC(=O)c2nc3c(s2)CN(C(C)(C)CO)CC3)C1.